The Kier molecular flexibility index (Phi) is 64.3. The van der Waals surface area contributed by atoms with Gasteiger partial charge in [0.05, 0.1) is 0 Å². The fraction of sp³-hybridized carbons (Fsp3) is 0.889. The first-order valence-electron chi connectivity index (χ1n) is 38.1. The summed E-state index contributed by atoms with van der Waals surface area (Å²) in [5, 5.41) is 20.9. The van der Waals surface area contributed by atoms with Crippen LogP contribution < -0.4 is 71.6 Å². The molecule has 544 valence electrons. The van der Waals surface area contributed by atoms with Crippen LogP contribution in [0.3, 0.4) is 0 Å². The summed E-state index contributed by atoms with van der Waals surface area (Å²) in [6.07, 6.45) is 48.3. The van der Waals surface area contributed by atoms with Gasteiger partial charge in [-0.25, -0.2) is 0 Å². The van der Waals surface area contributed by atoms with E-state index in [1.807, 2.05) is 0 Å². The van der Waals surface area contributed by atoms with Gasteiger partial charge in [0.25, 0.3) is 0 Å². The van der Waals surface area contributed by atoms with Crippen molar-refractivity contribution in [1.82, 2.24) is 37.2 Å². The average Bonchev–Trinajstić information content (AvgIpc) is 3.75. The maximum atomic E-state index is 13.2. The molecule has 0 aliphatic heterocycles. The number of hydrogen-bond acceptors (Lipinski definition) is 13. The molecule has 19 N–H and O–H groups in total. The Labute approximate surface area is 565 Å². The summed E-state index contributed by atoms with van der Waals surface area (Å²) in [6.45, 7) is 4.77. The number of carbonyl (C=O) groups is 8. The molecule has 0 spiro atoms. The topological polar surface area (TPSA) is 377 Å². The summed E-state index contributed by atoms with van der Waals surface area (Å²) in [6, 6.07) is -2.23. The second-order valence-corrected chi connectivity index (χ2v) is 26.4. The molecule has 0 radical (unpaired) electrons. The van der Waals surface area contributed by atoms with Gasteiger partial charge in [0.2, 0.25) is 47.3 Å². The molecule has 0 saturated carbocycles. The van der Waals surface area contributed by atoms with Gasteiger partial charge in [-0.05, 0) is 161 Å². The Balaban J connectivity index is 4.20. The summed E-state index contributed by atoms with van der Waals surface area (Å²) < 4.78 is 0. The SMILES string of the molecule is NCCCCCCCCCCCC(=O)N[C@@H](CCCCN)C(=O)NCCCCCCCCCCCC(=O)N[C@@H](CCCCN)C(=O)NCCCCCCCCCCCC(=O)N[C@@H](CCCCN)C(=O)NCCCCCCCCCCCC(=O)N[C@@H](CCCCN)C(N)=O. The van der Waals surface area contributed by atoms with Crippen LogP contribution in [-0.4, -0.2) is 124 Å². The first kappa shape index (κ1) is 88.6. The van der Waals surface area contributed by atoms with E-state index in [9.17, 15) is 38.4 Å². The molecule has 0 unspecified atom stereocenters. The Hall–Kier alpha value is -4.44. The van der Waals surface area contributed by atoms with E-state index in [0.29, 0.717) is 97.2 Å². The van der Waals surface area contributed by atoms with Crippen molar-refractivity contribution in [2.24, 2.45) is 34.4 Å². The zero-order valence-electron chi connectivity index (χ0n) is 59.0. The van der Waals surface area contributed by atoms with Gasteiger partial charge in [0, 0.05) is 45.3 Å². The number of unbranched alkanes of at least 4 members (excludes halogenated alkanes) is 36. The highest BCUT2D eigenvalue weighted by Crippen LogP contribution is 2.16. The third-order valence-corrected chi connectivity index (χ3v) is 17.7. The van der Waals surface area contributed by atoms with Crippen LogP contribution in [0.15, 0.2) is 0 Å². The highest BCUT2D eigenvalue weighted by Gasteiger charge is 2.23. The Bertz CT molecular complexity index is 1830. The predicted octanol–water partition coefficient (Wildman–Crippen LogP) is 9.84. The molecule has 4 atom stereocenters. The van der Waals surface area contributed by atoms with Crippen LogP contribution in [-0.2, 0) is 38.4 Å². The van der Waals surface area contributed by atoms with Crippen molar-refractivity contribution in [2.45, 2.75) is 358 Å². The molecule has 0 fully saturated rings. The van der Waals surface area contributed by atoms with E-state index in [4.69, 9.17) is 34.4 Å². The maximum absolute atomic E-state index is 13.2. The summed E-state index contributed by atoms with van der Waals surface area (Å²) in [5.41, 5.74) is 33.7. The van der Waals surface area contributed by atoms with Crippen LogP contribution in [0.5, 0.6) is 0 Å². The van der Waals surface area contributed by atoms with Crippen molar-refractivity contribution >= 4 is 47.3 Å². The molecular formula is C72H143N13O8. The van der Waals surface area contributed by atoms with Crippen LogP contribution in [0, 0.1) is 0 Å². The zero-order chi connectivity index (χ0) is 68.3. The molecule has 0 rings (SSSR count). The lowest BCUT2D eigenvalue weighted by atomic mass is 10.0. The molecular weight excluding hydrogens is 1170 g/mol. The molecule has 93 heavy (non-hydrogen) atoms. The average molecular weight is 1320 g/mol. The fourth-order valence-electron chi connectivity index (χ4n) is 11.7. The van der Waals surface area contributed by atoms with Gasteiger partial charge < -0.3 is 71.6 Å². The largest absolute Gasteiger partial charge is 0.368 e. The number of amides is 8. The minimum atomic E-state index is -0.625. The monoisotopic (exact) mass is 1320 g/mol. The van der Waals surface area contributed by atoms with E-state index in [1.54, 1.807) is 0 Å². The second kappa shape index (κ2) is 67.5. The van der Waals surface area contributed by atoms with Crippen molar-refractivity contribution in [2.75, 3.05) is 52.4 Å². The van der Waals surface area contributed by atoms with Crippen molar-refractivity contribution in [3.05, 3.63) is 0 Å². The number of hydrogen-bond donors (Lipinski definition) is 13. The van der Waals surface area contributed by atoms with Crippen LogP contribution in [0.4, 0.5) is 0 Å². The van der Waals surface area contributed by atoms with Gasteiger partial charge in [-0.1, -0.05) is 180 Å². The van der Waals surface area contributed by atoms with Crippen molar-refractivity contribution in [1.29, 1.82) is 0 Å². The summed E-state index contributed by atoms with van der Waals surface area (Å²) in [5.74, 6) is -1.16. The van der Waals surface area contributed by atoms with Crippen LogP contribution in [0.1, 0.15) is 334 Å². The number of carbonyl (C=O) groups excluding carboxylic acids is 8. The lowest BCUT2D eigenvalue weighted by molar-refractivity contribution is -0.129. The summed E-state index contributed by atoms with van der Waals surface area (Å²) >= 11 is 0. The zero-order valence-corrected chi connectivity index (χ0v) is 59.0. The minimum Gasteiger partial charge on any atom is -0.368 e. The lowest BCUT2D eigenvalue weighted by Crippen LogP contribution is -2.47. The molecule has 8 amide bonds. The number of nitrogens with two attached hydrogens (primary N) is 6. The van der Waals surface area contributed by atoms with Gasteiger partial charge in [0.1, 0.15) is 24.2 Å². The van der Waals surface area contributed by atoms with Gasteiger partial charge in [-0.15, -0.1) is 0 Å². The predicted molar refractivity (Wildman–Crippen MR) is 381 cm³/mol. The molecule has 21 nitrogen and oxygen atoms in total. The highest BCUT2D eigenvalue weighted by atomic mass is 16.2. The number of nitrogens with one attached hydrogen (secondary N) is 7. The van der Waals surface area contributed by atoms with E-state index >= 15 is 0 Å². The molecule has 0 aliphatic carbocycles. The third kappa shape index (κ3) is 58.6. The first-order valence-corrected chi connectivity index (χ1v) is 38.1. The van der Waals surface area contributed by atoms with E-state index in [1.165, 1.54) is 32.1 Å². The molecule has 21 heteroatoms. The van der Waals surface area contributed by atoms with E-state index in [0.717, 1.165) is 257 Å². The molecule has 0 aromatic carbocycles. The highest BCUT2D eigenvalue weighted by molar-refractivity contribution is 5.89. The van der Waals surface area contributed by atoms with Crippen LogP contribution in [0.2, 0.25) is 0 Å². The summed E-state index contributed by atoms with van der Waals surface area (Å²) in [4.78, 5) is 102. The van der Waals surface area contributed by atoms with Gasteiger partial charge in [-0.3, -0.25) is 38.4 Å². The van der Waals surface area contributed by atoms with E-state index in [-0.39, 0.29) is 41.4 Å². The molecule has 0 heterocycles. The quantitative estimate of drug-likeness (QED) is 0.0252. The minimum absolute atomic E-state index is 0.0427. The van der Waals surface area contributed by atoms with Crippen LogP contribution >= 0.6 is 0 Å². The fourth-order valence-corrected chi connectivity index (χ4v) is 11.7. The molecule has 0 aromatic heterocycles. The van der Waals surface area contributed by atoms with Gasteiger partial charge in [0.15, 0.2) is 0 Å². The Morgan fingerprint density at radius 2 is 0.387 bits per heavy atom. The first-order chi connectivity index (χ1) is 45.3. The number of primary amides is 1. The van der Waals surface area contributed by atoms with Crippen molar-refractivity contribution in [3.63, 3.8) is 0 Å². The van der Waals surface area contributed by atoms with E-state index in [2.05, 4.69) is 37.2 Å². The third-order valence-electron chi connectivity index (χ3n) is 17.7. The second-order valence-electron chi connectivity index (χ2n) is 26.4. The molecule has 0 aliphatic rings. The number of rotatable bonds is 71. The molecule has 0 saturated heterocycles. The van der Waals surface area contributed by atoms with Crippen molar-refractivity contribution in [3.8, 4) is 0 Å². The smallest absolute Gasteiger partial charge is 0.242 e. The van der Waals surface area contributed by atoms with Gasteiger partial charge in [-0.2, -0.15) is 0 Å². The normalized spacial score (nSPS) is 12.6. The van der Waals surface area contributed by atoms with E-state index < -0.39 is 30.1 Å². The Morgan fingerprint density at radius 3 is 0.602 bits per heavy atom. The lowest BCUT2D eigenvalue weighted by Gasteiger charge is -2.18. The van der Waals surface area contributed by atoms with Crippen molar-refractivity contribution < 1.29 is 38.4 Å². The Morgan fingerprint density at radius 1 is 0.215 bits per heavy atom. The molecule has 0 bridgehead atoms. The standard InChI is InChI=1S/C72H143N13O8/c73-53-37-25-17-9-1-5-13-22-30-50-66(87)83-62(46-34-39-55-75)70(91)80-59-43-27-19-11-3-7-15-24-32-52-68(89)85-64(48-36-41-57-77)72(93)81-60-44-28-20-12-4-8-16-23-31-51-67(88)84-63(47-35-40-56-76)71(92)79-58-42-26-18-10-2-6-14-21-29-49-65(86)82-61(69(78)90)45-33-38-54-74/h61-64H,1-60,73-77H2,(H2,78,90)(H,79,92)(H,80,91)(H,81,93)(H,82,86)(H,83,87)(H,84,88)(H,85,89)/t61-,62-,63-,64-/m0/s1. The maximum Gasteiger partial charge on any atom is 0.242 e. The molecule has 0 aromatic rings. The van der Waals surface area contributed by atoms with Gasteiger partial charge >= 0.3 is 0 Å². The van der Waals surface area contributed by atoms with Crippen LogP contribution in [0.25, 0.3) is 0 Å². The summed E-state index contributed by atoms with van der Waals surface area (Å²) in [7, 11) is 0.